The van der Waals surface area contributed by atoms with E-state index in [9.17, 15) is 4.79 Å². The fourth-order valence-corrected chi connectivity index (χ4v) is 2.02. The predicted octanol–water partition coefficient (Wildman–Crippen LogP) is 2.00. The molecule has 4 heteroatoms. The van der Waals surface area contributed by atoms with Crippen molar-refractivity contribution in [2.45, 2.75) is 52.1 Å². The molecule has 1 atom stereocenters. The number of hydrogen-bond donors (Lipinski definition) is 1. The minimum Gasteiger partial charge on any atom is -0.450 e. The van der Waals surface area contributed by atoms with Crippen molar-refractivity contribution in [2.24, 2.45) is 0 Å². The van der Waals surface area contributed by atoms with Gasteiger partial charge < -0.3 is 15.0 Å². The van der Waals surface area contributed by atoms with Gasteiger partial charge in [-0.3, -0.25) is 0 Å². The number of piperidine rings is 1. The van der Waals surface area contributed by atoms with Gasteiger partial charge >= 0.3 is 6.09 Å². The Hall–Kier alpha value is -0.770. The van der Waals surface area contributed by atoms with E-state index in [1.54, 1.807) is 0 Å². The van der Waals surface area contributed by atoms with Gasteiger partial charge in [-0.05, 0) is 40.2 Å². The normalized spacial score (nSPS) is 20.9. The molecule has 94 valence electrons. The zero-order chi connectivity index (χ0) is 12.0. The van der Waals surface area contributed by atoms with Crippen LogP contribution in [0, 0.1) is 0 Å². The van der Waals surface area contributed by atoms with Gasteiger partial charge in [0.2, 0.25) is 0 Å². The quantitative estimate of drug-likeness (QED) is 0.800. The molecule has 4 nitrogen and oxygen atoms in total. The van der Waals surface area contributed by atoms with Crippen molar-refractivity contribution in [3.63, 3.8) is 0 Å². The molecule has 0 radical (unpaired) electrons. The van der Waals surface area contributed by atoms with Crippen LogP contribution < -0.4 is 5.32 Å². The van der Waals surface area contributed by atoms with Crippen LogP contribution in [-0.2, 0) is 4.74 Å². The Morgan fingerprint density at radius 1 is 1.50 bits per heavy atom. The standard InChI is InChI=1S/C12H24N2O2/c1-4-16-12(15)14(10(2)3)9-11-7-5-6-8-13-11/h10-11,13H,4-9H2,1-3H3. The summed E-state index contributed by atoms with van der Waals surface area (Å²) in [6, 6.07) is 0.628. The molecule has 0 aromatic carbocycles. The van der Waals surface area contributed by atoms with Crippen LogP contribution in [0.25, 0.3) is 0 Å². The van der Waals surface area contributed by atoms with Gasteiger partial charge in [0.25, 0.3) is 0 Å². The third kappa shape index (κ3) is 4.00. The maximum atomic E-state index is 11.7. The number of carbonyl (C=O) groups excluding carboxylic acids is 1. The summed E-state index contributed by atoms with van der Waals surface area (Å²) in [4.78, 5) is 13.5. The van der Waals surface area contributed by atoms with Crippen molar-refractivity contribution in [1.82, 2.24) is 10.2 Å². The summed E-state index contributed by atoms with van der Waals surface area (Å²) in [5.41, 5.74) is 0. The van der Waals surface area contributed by atoms with E-state index < -0.39 is 0 Å². The van der Waals surface area contributed by atoms with E-state index in [0.717, 1.165) is 19.5 Å². The first kappa shape index (κ1) is 13.3. The molecule has 1 saturated heterocycles. The topological polar surface area (TPSA) is 41.6 Å². The van der Waals surface area contributed by atoms with Crippen LogP contribution >= 0.6 is 0 Å². The summed E-state index contributed by atoms with van der Waals surface area (Å²) in [6.07, 6.45) is 3.47. The molecule has 1 fully saturated rings. The van der Waals surface area contributed by atoms with Crippen LogP contribution in [0.5, 0.6) is 0 Å². The van der Waals surface area contributed by atoms with E-state index in [1.165, 1.54) is 12.8 Å². The number of nitrogens with one attached hydrogen (secondary N) is 1. The summed E-state index contributed by atoms with van der Waals surface area (Å²) >= 11 is 0. The van der Waals surface area contributed by atoms with Crippen molar-refractivity contribution in [3.05, 3.63) is 0 Å². The van der Waals surface area contributed by atoms with Gasteiger partial charge in [0.1, 0.15) is 0 Å². The SMILES string of the molecule is CCOC(=O)N(CC1CCCCN1)C(C)C. The molecule has 0 bridgehead atoms. The largest absolute Gasteiger partial charge is 0.450 e. The molecule has 1 N–H and O–H groups in total. The third-order valence-electron chi connectivity index (χ3n) is 2.96. The van der Waals surface area contributed by atoms with Gasteiger partial charge in [-0.15, -0.1) is 0 Å². The Morgan fingerprint density at radius 3 is 2.75 bits per heavy atom. The predicted molar refractivity (Wildman–Crippen MR) is 64.5 cm³/mol. The van der Waals surface area contributed by atoms with Gasteiger partial charge in [-0.25, -0.2) is 4.79 Å². The molecule has 1 aliphatic heterocycles. The van der Waals surface area contributed by atoms with E-state index in [0.29, 0.717) is 12.6 Å². The number of rotatable bonds is 4. The molecular weight excluding hydrogens is 204 g/mol. The Kier molecular flexibility index (Phi) is 5.60. The highest BCUT2D eigenvalue weighted by atomic mass is 16.6. The molecule has 16 heavy (non-hydrogen) atoms. The van der Waals surface area contributed by atoms with Gasteiger partial charge in [0.05, 0.1) is 6.61 Å². The third-order valence-corrected chi connectivity index (χ3v) is 2.96. The van der Waals surface area contributed by atoms with Crippen molar-refractivity contribution in [1.29, 1.82) is 0 Å². The lowest BCUT2D eigenvalue weighted by Gasteiger charge is -2.32. The first-order chi connectivity index (χ1) is 7.65. The van der Waals surface area contributed by atoms with E-state index in [1.807, 2.05) is 25.7 Å². The Morgan fingerprint density at radius 2 is 2.25 bits per heavy atom. The van der Waals surface area contributed by atoms with E-state index >= 15 is 0 Å². The van der Waals surface area contributed by atoms with Gasteiger partial charge in [-0.1, -0.05) is 6.42 Å². The zero-order valence-corrected chi connectivity index (χ0v) is 10.7. The lowest BCUT2D eigenvalue weighted by molar-refractivity contribution is 0.0895. The molecule has 0 aromatic rings. The minimum absolute atomic E-state index is 0.190. The van der Waals surface area contributed by atoms with E-state index in [-0.39, 0.29) is 12.1 Å². The second kappa shape index (κ2) is 6.74. The summed E-state index contributed by atoms with van der Waals surface area (Å²) in [5.74, 6) is 0. The molecule has 1 heterocycles. The molecule has 1 rings (SSSR count). The van der Waals surface area contributed by atoms with Gasteiger partial charge in [0.15, 0.2) is 0 Å². The van der Waals surface area contributed by atoms with Crippen molar-refractivity contribution < 1.29 is 9.53 Å². The average molecular weight is 228 g/mol. The molecule has 0 saturated carbocycles. The average Bonchev–Trinajstić information content (AvgIpc) is 2.27. The van der Waals surface area contributed by atoms with Crippen LogP contribution in [0.15, 0.2) is 0 Å². The molecule has 1 aliphatic rings. The molecule has 1 unspecified atom stereocenters. The fourth-order valence-electron chi connectivity index (χ4n) is 2.02. The Bertz CT molecular complexity index is 213. The maximum Gasteiger partial charge on any atom is 0.410 e. The zero-order valence-electron chi connectivity index (χ0n) is 10.7. The number of amides is 1. The Balaban J connectivity index is 2.46. The monoisotopic (exact) mass is 228 g/mol. The van der Waals surface area contributed by atoms with E-state index in [4.69, 9.17) is 4.74 Å². The summed E-state index contributed by atoms with van der Waals surface area (Å²) in [5, 5.41) is 3.45. The number of ether oxygens (including phenoxy) is 1. The minimum atomic E-state index is -0.190. The lowest BCUT2D eigenvalue weighted by Crippen LogP contribution is -2.48. The highest BCUT2D eigenvalue weighted by Gasteiger charge is 2.23. The van der Waals surface area contributed by atoms with Crippen molar-refractivity contribution in [3.8, 4) is 0 Å². The molecule has 0 aromatic heterocycles. The van der Waals surface area contributed by atoms with Gasteiger partial charge in [0, 0.05) is 18.6 Å². The van der Waals surface area contributed by atoms with Crippen molar-refractivity contribution >= 4 is 6.09 Å². The second-order valence-electron chi connectivity index (χ2n) is 4.59. The summed E-state index contributed by atoms with van der Waals surface area (Å²) < 4.78 is 5.07. The maximum absolute atomic E-state index is 11.7. The first-order valence-electron chi connectivity index (χ1n) is 6.32. The van der Waals surface area contributed by atoms with Gasteiger partial charge in [-0.2, -0.15) is 0 Å². The lowest BCUT2D eigenvalue weighted by atomic mass is 10.0. The van der Waals surface area contributed by atoms with Crippen LogP contribution in [-0.4, -0.2) is 42.8 Å². The smallest absolute Gasteiger partial charge is 0.410 e. The molecule has 0 spiro atoms. The fraction of sp³-hybridized carbons (Fsp3) is 0.917. The Labute approximate surface area is 98.3 Å². The molecule has 0 aliphatic carbocycles. The highest BCUT2D eigenvalue weighted by molar-refractivity contribution is 5.68. The van der Waals surface area contributed by atoms with Crippen LogP contribution in [0.3, 0.4) is 0 Å². The number of nitrogens with zero attached hydrogens (tertiary/aromatic N) is 1. The number of carbonyl (C=O) groups is 1. The van der Waals surface area contributed by atoms with E-state index in [2.05, 4.69) is 5.32 Å². The van der Waals surface area contributed by atoms with Crippen molar-refractivity contribution in [2.75, 3.05) is 19.7 Å². The second-order valence-corrected chi connectivity index (χ2v) is 4.59. The highest BCUT2D eigenvalue weighted by Crippen LogP contribution is 2.11. The molecule has 1 amide bonds. The van der Waals surface area contributed by atoms with Crippen LogP contribution in [0.1, 0.15) is 40.0 Å². The summed E-state index contributed by atoms with van der Waals surface area (Å²) in [7, 11) is 0. The van der Waals surface area contributed by atoms with Crippen LogP contribution in [0.4, 0.5) is 4.79 Å². The summed E-state index contributed by atoms with van der Waals surface area (Å²) in [6.45, 7) is 8.17. The van der Waals surface area contributed by atoms with Crippen LogP contribution in [0.2, 0.25) is 0 Å². The number of hydrogen-bond acceptors (Lipinski definition) is 3. The molecular formula is C12H24N2O2. The first-order valence-corrected chi connectivity index (χ1v) is 6.32.